The molecule has 120 valence electrons. The molecule has 6 heteroatoms. The van der Waals surface area contributed by atoms with E-state index in [4.69, 9.17) is 21.1 Å². The summed E-state index contributed by atoms with van der Waals surface area (Å²) in [6, 6.07) is 10.0. The van der Waals surface area contributed by atoms with Crippen molar-refractivity contribution in [3.8, 4) is 11.5 Å². The van der Waals surface area contributed by atoms with Crippen LogP contribution in [-0.4, -0.2) is 25.9 Å². The standard InChI is InChI=1S/C17H16ClNO4/c1-11-3-5-14(13(18)7-11)19-17(21)10-23-16-8-12(9-20)4-6-15(16)22-2/h3-9H,10H2,1-2H3,(H,19,21). The summed E-state index contributed by atoms with van der Waals surface area (Å²) in [6.07, 6.45) is 0.693. The van der Waals surface area contributed by atoms with E-state index in [0.29, 0.717) is 34.1 Å². The second-order valence-corrected chi connectivity index (χ2v) is 5.26. The number of benzene rings is 2. The maximum absolute atomic E-state index is 12.0. The Hall–Kier alpha value is -2.53. The van der Waals surface area contributed by atoms with E-state index in [1.807, 2.05) is 13.0 Å². The van der Waals surface area contributed by atoms with Crippen LogP contribution in [0.4, 0.5) is 5.69 Å². The molecule has 0 saturated heterocycles. The SMILES string of the molecule is COc1ccc(C=O)cc1OCC(=O)Nc1ccc(C)cc1Cl. The summed E-state index contributed by atoms with van der Waals surface area (Å²) in [5, 5.41) is 3.12. The van der Waals surface area contributed by atoms with Crippen LogP contribution in [0.25, 0.3) is 0 Å². The highest BCUT2D eigenvalue weighted by Gasteiger charge is 2.10. The van der Waals surface area contributed by atoms with Crippen molar-refractivity contribution in [3.05, 3.63) is 52.5 Å². The fourth-order valence-corrected chi connectivity index (χ4v) is 2.21. The smallest absolute Gasteiger partial charge is 0.262 e. The van der Waals surface area contributed by atoms with Crippen molar-refractivity contribution in [2.24, 2.45) is 0 Å². The fraction of sp³-hybridized carbons (Fsp3) is 0.176. The Morgan fingerprint density at radius 1 is 1.22 bits per heavy atom. The zero-order valence-corrected chi connectivity index (χ0v) is 13.5. The average Bonchev–Trinajstić information content (AvgIpc) is 2.55. The first-order valence-corrected chi connectivity index (χ1v) is 7.23. The molecule has 2 rings (SSSR count). The summed E-state index contributed by atoms with van der Waals surface area (Å²) in [6.45, 7) is 1.68. The molecule has 0 aliphatic carbocycles. The molecule has 2 aromatic rings. The fourth-order valence-electron chi connectivity index (χ4n) is 1.93. The molecule has 0 atom stereocenters. The van der Waals surface area contributed by atoms with Crippen LogP contribution in [0.2, 0.25) is 5.02 Å². The minimum atomic E-state index is -0.366. The Morgan fingerprint density at radius 2 is 2.00 bits per heavy atom. The summed E-state index contributed by atoms with van der Waals surface area (Å²) >= 11 is 6.06. The van der Waals surface area contributed by atoms with Gasteiger partial charge in [-0.2, -0.15) is 0 Å². The Labute approximate surface area is 139 Å². The molecule has 0 aliphatic heterocycles. The van der Waals surface area contributed by atoms with Gasteiger partial charge >= 0.3 is 0 Å². The highest BCUT2D eigenvalue weighted by molar-refractivity contribution is 6.33. The minimum Gasteiger partial charge on any atom is -0.493 e. The van der Waals surface area contributed by atoms with Gasteiger partial charge in [-0.15, -0.1) is 0 Å². The molecule has 1 amide bonds. The van der Waals surface area contributed by atoms with Crippen molar-refractivity contribution in [2.75, 3.05) is 19.0 Å². The summed E-state index contributed by atoms with van der Waals surface area (Å²) in [5.74, 6) is 0.397. The monoisotopic (exact) mass is 333 g/mol. The van der Waals surface area contributed by atoms with Gasteiger partial charge in [0.15, 0.2) is 18.1 Å². The van der Waals surface area contributed by atoms with Crippen LogP contribution in [0.3, 0.4) is 0 Å². The molecule has 0 aliphatic rings. The number of hydrogen-bond acceptors (Lipinski definition) is 4. The van der Waals surface area contributed by atoms with Crippen molar-refractivity contribution in [2.45, 2.75) is 6.92 Å². The van der Waals surface area contributed by atoms with Crippen LogP contribution in [0.15, 0.2) is 36.4 Å². The molecule has 5 nitrogen and oxygen atoms in total. The van der Waals surface area contributed by atoms with Gasteiger partial charge in [-0.3, -0.25) is 9.59 Å². The number of halogens is 1. The van der Waals surface area contributed by atoms with Crippen molar-refractivity contribution in [3.63, 3.8) is 0 Å². The van der Waals surface area contributed by atoms with Crippen LogP contribution in [0.1, 0.15) is 15.9 Å². The van der Waals surface area contributed by atoms with Crippen LogP contribution in [0, 0.1) is 6.92 Å². The van der Waals surface area contributed by atoms with Gasteiger partial charge < -0.3 is 14.8 Å². The van der Waals surface area contributed by atoms with Crippen LogP contribution in [0.5, 0.6) is 11.5 Å². The van der Waals surface area contributed by atoms with Gasteiger partial charge in [0.05, 0.1) is 17.8 Å². The molecule has 0 unspecified atom stereocenters. The van der Waals surface area contributed by atoms with Gasteiger partial charge in [0, 0.05) is 5.56 Å². The summed E-state index contributed by atoms with van der Waals surface area (Å²) in [5.41, 5.74) is 1.95. The number of ether oxygens (including phenoxy) is 2. The molecular formula is C17H16ClNO4. The Kier molecular flexibility index (Phi) is 5.60. The second kappa shape index (κ2) is 7.65. The van der Waals surface area contributed by atoms with E-state index >= 15 is 0 Å². The third kappa shape index (κ3) is 4.47. The number of methoxy groups -OCH3 is 1. The lowest BCUT2D eigenvalue weighted by Crippen LogP contribution is -2.20. The van der Waals surface area contributed by atoms with Crippen LogP contribution < -0.4 is 14.8 Å². The van der Waals surface area contributed by atoms with Gasteiger partial charge in [0.25, 0.3) is 5.91 Å². The minimum absolute atomic E-state index is 0.233. The van der Waals surface area contributed by atoms with Gasteiger partial charge in [-0.05, 0) is 42.8 Å². The maximum atomic E-state index is 12.0. The molecular weight excluding hydrogens is 318 g/mol. The zero-order chi connectivity index (χ0) is 16.8. The molecule has 0 radical (unpaired) electrons. The normalized spacial score (nSPS) is 10.0. The second-order valence-electron chi connectivity index (χ2n) is 4.85. The summed E-state index contributed by atoms with van der Waals surface area (Å²) < 4.78 is 10.6. The summed E-state index contributed by atoms with van der Waals surface area (Å²) in [7, 11) is 1.48. The Balaban J connectivity index is 2.03. The van der Waals surface area contributed by atoms with E-state index in [1.165, 1.54) is 13.2 Å². The Morgan fingerprint density at radius 3 is 2.65 bits per heavy atom. The number of nitrogens with one attached hydrogen (secondary N) is 1. The quantitative estimate of drug-likeness (QED) is 0.822. The molecule has 0 bridgehead atoms. The van der Waals surface area contributed by atoms with E-state index in [9.17, 15) is 9.59 Å². The number of anilines is 1. The molecule has 0 heterocycles. The van der Waals surface area contributed by atoms with Crippen LogP contribution in [-0.2, 0) is 4.79 Å². The van der Waals surface area contributed by atoms with Gasteiger partial charge in [-0.1, -0.05) is 17.7 Å². The number of carbonyl (C=O) groups excluding carboxylic acids is 2. The molecule has 2 aromatic carbocycles. The van der Waals surface area contributed by atoms with Gasteiger partial charge in [-0.25, -0.2) is 0 Å². The lowest BCUT2D eigenvalue weighted by molar-refractivity contribution is -0.118. The summed E-state index contributed by atoms with van der Waals surface area (Å²) in [4.78, 5) is 22.8. The number of carbonyl (C=O) groups is 2. The predicted octanol–water partition coefficient (Wildman–Crippen LogP) is 3.49. The molecule has 1 N–H and O–H groups in total. The number of amides is 1. The zero-order valence-electron chi connectivity index (χ0n) is 12.8. The van der Waals surface area contributed by atoms with Crippen LogP contribution >= 0.6 is 11.6 Å². The number of aryl methyl sites for hydroxylation is 1. The lowest BCUT2D eigenvalue weighted by Gasteiger charge is -2.12. The molecule has 23 heavy (non-hydrogen) atoms. The first kappa shape index (κ1) is 16.8. The molecule has 0 fully saturated rings. The molecule has 0 aromatic heterocycles. The van der Waals surface area contributed by atoms with E-state index in [2.05, 4.69) is 5.32 Å². The van der Waals surface area contributed by atoms with Gasteiger partial charge in [0.1, 0.15) is 6.29 Å². The highest BCUT2D eigenvalue weighted by atomic mass is 35.5. The van der Waals surface area contributed by atoms with E-state index in [1.54, 1.807) is 24.3 Å². The molecule has 0 spiro atoms. The maximum Gasteiger partial charge on any atom is 0.262 e. The first-order chi connectivity index (χ1) is 11.0. The molecule has 0 saturated carbocycles. The number of rotatable bonds is 6. The number of hydrogen-bond donors (Lipinski definition) is 1. The lowest BCUT2D eigenvalue weighted by atomic mass is 10.2. The number of aldehydes is 1. The van der Waals surface area contributed by atoms with Gasteiger partial charge in [0.2, 0.25) is 0 Å². The average molecular weight is 334 g/mol. The van der Waals surface area contributed by atoms with Crippen molar-refractivity contribution in [1.29, 1.82) is 0 Å². The topological polar surface area (TPSA) is 64.6 Å². The van der Waals surface area contributed by atoms with Crippen molar-refractivity contribution in [1.82, 2.24) is 0 Å². The van der Waals surface area contributed by atoms with E-state index in [-0.39, 0.29) is 12.5 Å². The third-order valence-electron chi connectivity index (χ3n) is 3.08. The highest BCUT2D eigenvalue weighted by Crippen LogP contribution is 2.28. The predicted molar refractivity (Wildman–Crippen MR) is 88.7 cm³/mol. The van der Waals surface area contributed by atoms with E-state index in [0.717, 1.165) is 5.56 Å². The van der Waals surface area contributed by atoms with Crippen molar-refractivity contribution < 1.29 is 19.1 Å². The van der Waals surface area contributed by atoms with E-state index < -0.39 is 0 Å². The first-order valence-electron chi connectivity index (χ1n) is 6.85. The Bertz CT molecular complexity index is 731. The largest absolute Gasteiger partial charge is 0.493 e. The third-order valence-corrected chi connectivity index (χ3v) is 3.39. The van der Waals surface area contributed by atoms with Crippen molar-refractivity contribution >= 4 is 29.5 Å².